The lowest BCUT2D eigenvalue weighted by Crippen LogP contribution is -2.43. The van der Waals surface area contributed by atoms with Gasteiger partial charge in [-0.25, -0.2) is 4.79 Å². The lowest BCUT2D eigenvalue weighted by Gasteiger charge is -2.32. The van der Waals surface area contributed by atoms with Crippen LogP contribution in [0.25, 0.3) is 10.9 Å². The van der Waals surface area contributed by atoms with E-state index in [4.69, 9.17) is 14.2 Å². The highest BCUT2D eigenvalue weighted by molar-refractivity contribution is 5.98. The van der Waals surface area contributed by atoms with Crippen molar-refractivity contribution in [2.24, 2.45) is 0 Å². The highest BCUT2D eigenvalue weighted by atomic mass is 35.5. The number of carbonyl (C=O) groups is 1. The van der Waals surface area contributed by atoms with Gasteiger partial charge in [0.25, 0.3) is 5.56 Å². The number of pyridine rings is 1. The Bertz CT molecular complexity index is 1290. The largest absolute Gasteiger partial charge is 0.486 e. The monoisotopic (exact) mass is 528 g/mol. The van der Waals surface area contributed by atoms with E-state index in [0.29, 0.717) is 31.5 Å². The molecule has 10 heteroatoms. The van der Waals surface area contributed by atoms with Gasteiger partial charge in [0.1, 0.15) is 13.2 Å². The third-order valence-corrected chi connectivity index (χ3v) is 6.88. The molecule has 1 fully saturated rings. The van der Waals surface area contributed by atoms with Crippen LogP contribution in [-0.4, -0.2) is 61.6 Å². The maximum Gasteiger partial charge on any atom is 0.411 e. The van der Waals surface area contributed by atoms with Crippen molar-refractivity contribution in [1.82, 2.24) is 14.8 Å². The van der Waals surface area contributed by atoms with Crippen LogP contribution in [0.4, 0.5) is 10.5 Å². The highest BCUT2D eigenvalue weighted by Gasteiger charge is 2.20. The molecule has 0 saturated carbocycles. The van der Waals surface area contributed by atoms with E-state index in [1.54, 1.807) is 22.8 Å². The van der Waals surface area contributed by atoms with Crippen LogP contribution >= 0.6 is 12.4 Å². The van der Waals surface area contributed by atoms with Gasteiger partial charge in [-0.15, -0.1) is 12.4 Å². The first kappa shape index (κ1) is 26.8. The molecule has 2 N–H and O–H groups in total. The zero-order valence-corrected chi connectivity index (χ0v) is 21.7. The van der Waals surface area contributed by atoms with Crippen molar-refractivity contribution in [2.75, 3.05) is 45.3 Å². The average molecular weight is 529 g/mol. The molecule has 2 aliphatic rings. The van der Waals surface area contributed by atoms with Gasteiger partial charge < -0.3 is 29.0 Å². The van der Waals surface area contributed by atoms with Crippen molar-refractivity contribution in [3.8, 4) is 11.5 Å². The van der Waals surface area contributed by atoms with E-state index in [9.17, 15) is 9.59 Å². The summed E-state index contributed by atoms with van der Waals surface area (Å²) < 4.78 is 17.8. The van der Waals surface area contributed by atoms with Crippen molar-refractivity contribution >= 4 is 35.1 Å². The molecule has 5 rings (SSSR count). The molecule has 0 atom stereocenters. The number of nitrogens with one attached hydrogen (secondary N) is 2. The van der Waals surface area contributed by atoms with E-state index >= 15 is 0 Å². The Kier molecular flexibility index (Phi) is 8.91. The maximum atomic E-state index is 12.7. The molecular formula is C27H33ClN4O5. The number of aromatic nitrogens is 1. The Morgan fingerprint density at radius 1 is 1.03 bits per heavy atom. The quantitative estimate of drug-likeness (QED) is 0.483. The van der Waals surface area contributed by atoms with Gasteiger partial charge in [0, 0.05) is 37.1 Å². The summed E-state index contributed by atoms with van der Waals surface area (Å²) in [5.41, 5.74) is 2.57. The van der Waals surface area contributed by atoms with Crippen molar-refractivity contribution in [1.29, 1.82) is 0 Å². The second-order valence-corrected chi connectivity index (χ2v) is 9.15. The molecule has 37 heavy (non-hydrogen) atoms. The van der Waals surface area contributed by atoms with Gasteiger partial charge in [-0.3, -0.25) is 10.1 Å². The predicted molar refractivity (Wildman–Crippen MR) is 145 cm³/mol. The summed E-state index contributed by atoms with van der Waals surface area (Å²) in [5, 5.41) is 7.21. The summed E-state index contributed by atoms with van der Waals surface area (Å²) in [6.07, 6.45) is 1.58. The van der Waals surface area contributed by atoms with E-state index in [1.807, 2.05) is 18.2 Å². The number of amides is 1. The predicted octanol–water partition coefficient (Wildman–Crippen LogP) is 3.63. The molecule has 2 aromatic carbocycles. The molecule has 1 amide bonds. The second kappa shape index (κ2) is 12.3. The number of benzene rings is 2. The van der Waals surface area contributed by atoms with E-state index in [2.05, 4.69) is 27.7 Å². The normalized spacial score (nSPS) is 15.7. The number of ether oxygens (including phenoxy) is 3. The molecule has 0 unspecified atom stereocenters. The number of anilines is 1. The molecule has 0 spiro atoms. The number of likely N-dealkylation sites (tertiary alicyclic amines) is 1. The Morgan fingerprint density at radius 2 is 1.81 bits per heavy atom. The van der Waals surface area contributed by atoms with Crippen LogP contribution in [0.1, 0.15) is 18.4 Å². The number of hydrogen-bond donors (Lipinski definition) is 2. The Hall–Kier alpha value is -3.27. The highest BCUT2D eigenvalue weighted by Crippen LogP contribution is 2.30. The number of halogens is 1. The first-order valence-electron chi connectivity index (χ1n) is 12.4. The lowest BCUT2D eigenvalue weighted by molar-refractivity contribution is 0.171. The zero-order chi connectivity index (χ0) is 24.9. The Balaban J connectivity index is 0.00000320. The summed E-state index contributed by atoms with van der Waals surface area (Å²) in [6, 6.07) is 15.4. The first-order chi connectivity index (χ1) is 17.6. The summed E-state index contributed by atoms with van der Waals surface area (Å²) in [7, 11) is 1.33. The molecule has 2 aliphatic heterocycles. The van der Waals surface area contributed by atoms with Gasteiger partial charge in [0.2, 0.25) is 0 Å². The topological polar surface area (TPSA) is 94.1 Å². The smallest absolute Gasteiger partial charge is 0.411 e. The fourth-order valence-corrected chi connectivity index (χ4v) is 4.89. The summed E-state index contributed by atoms with van der Waals surface area (Å²) in [6.45, 7) is 5.34. The average Bonchev–Trinajstić information content (AvgIpc) is 2.92. The number of fused-ring (bicyclic) bond motifs is 2. The fraction of sp³-hybridized carbons (Fsp3) is 0.407. The van der Waals surface area contributed by atoms with Crippen LogP contribution in [0.15, 0.2) is 53.3 Å². The van der Waals surface area contributed by atoms with Gasteiger partial charge >= 0.3 is 6.09 Å². The number of piperidine rings is 1. The van der Waals surface area contributed by atoms with Gasteiger partial charge in [-0.2, -0.15) is 0 Å². The number of nitrogens with zero attached hydrogens (tertiary/aromatic N) is 2. The third kappa shape index (κ3) is 6.36. The minimum atomic E-state index is -0.536. The van der Waals surface area contributed by atoms with Gasteiger partial charge in [0.15, 0.2) is 11.5 Å². The van der Waals surface area contributed by atoms with E-state index < -0.39 is 6.09 Å². The van der Waals surface area contributed by atoms with Crippen LogP contribution in [0.3, 0.4) is 0 Å². The molecule has 0 aliphatic carbocycles. The standard InChI is InChI=1S/C27H32N4O5.ClH/c1-34-27(33)29-22-3-2-4-23-21(22)6-8-26(32)31(23)14-13-30-11-9-20(10-12-30)28-18-19-5-7-24-25(17-19)36-16-15-35-24;/h2-8,17,20,28H,9-16,18H2,1H3,(H,29,33);1H. The molecule has 3 aromatic rings. The minimum absolute atomic E-state index is 0. The maximum absolute atomic E-state index is 12.7. The Labute approximate surface area is 222 Å². The van der Waals surface area contributed by atoms with Crippen LogP contribution in [0.5, 0.6) is 11.5 Å². The van der Waals surface area contributed by atoms with E-state index in [1.165, 1.54) is 12.7 Å². The fourth-order valence-electron chi connectivity index (χ4n) is 4.89. The summed E-state index contributed by atoms with van der Waals surface area (Å²) >= 11 is 0. The molecule has 9 nitrogen and oxygen atoms in total. The van der Waals surface area contributed by atoms with Crippen LogP contribution < -0.4 is 25.7 Å². The van der Waals surface area contributed by atoms with Crippen molar-refractivity contribution < 1.29 is 19.0 Å². The van der Waals surface area contributed by atoms with Crippen LogP contribution in [0.2, 0.25) is 0 Å². The second-order valence-electron chi connectivity index (χ2n) is 9.15. The molecule has 0 bridgehead atoms. The lowest BCUT2D eigenvalue weighted by atomic mass is 10.0. The summed E-state index contributed by atoms with van der Waals surface area (Å²) in [4.78, 5) is 26.8. The molecule has 1 saturated heterocycles. The third-order valence-electron chi connectivity index (χ3n) is 6.88. The van der Waals surface area contributed by atoms with E-state index in [0.717, 1.165) is 61.4 Å². The zero-order valence-electron chi connectivity index (χ0n) is 20.9. The van der Waals surface area contributed by atoms with Gasteiger partial charge in [-0.05, 0) is 61.8 Å². The number of hydrogen-bond acceptors (Lipinski definition) is 7. The van der Waals surface area contributed by atoms with Crippen LogP contribution in [0, 0.1) is 0 Å². The summed E-state index contributed by atoms with van der Waals surface area (Å²) in [5.74, 6) is 1.65. The Morgan fingerprint density at radius 3 is 2.59 bits per heavy atom. The molecule has 3 heterocycles. The number of rotatable bonds is 7. The number of carbonyl (C=O) groups excluding carboxylic acids is 1. The molecule has 0 radical (unpaired) electrons. The first-order valence-corrected chi connectivity index (χ1v) is 12.4. The SMILES string of the molecule is COC(=O)Nc1cccc2c1ccc(=O)n2CCN1CCC(NCc2ccc3c(c2)OCCO3)CC1.Cl. The van der Waals surface area contributed by atoms with Gasteiger partial charge in [0.05, 0.1) is 18.3 Å². The van der Waals surface area contributed by atoms with Gasteiger partial charge in [-0.1, -0.05) is 12.1 Å². The van der Waals surface area contributed by atoms with E-state index in [-0.39, 0.29) is 18.0 Å². The van der Waals surface area contributed by atoms with Crippen molar-refractivity contribution in [2.45, 2.75) is 32.0 Å². The molecule has 1 aromatic heterocycles. The van der Waals surface area contributed by atoms with Crippen LogP contribution in [-0.2, 0) is 17.8 Å². The minimum Gasteiger partial charge on any atom is -0.486 e. The number of methoxy groups -OCH3 is 1. The molecular weight excluding hydrogens is 496 g/mol. The van der Waals surface area contributed by atoms with Crippen molar-refractivity contribution in [3.63, 3.8) is 0 Å². The van der Waals surface area contributed by atoms with Crippen molar-refractivity contribution in [3.05, 3.63) is 64.4 Å². The molecule has 198 valence electrons.